The van der Waals surface area contributed by atoms with Crippen molar-refractivity contribution in [1.82, 2.24) is 9.97 Å². The molecule has 6 heteroatoms. The summed E-state index contributed by atoms with van der Waals surface area (Å²) in [7, 11) is 0. The predicted octanol–water partition coefficient (Wildman–Crippen LogP) is 2.69. The molecule has 0 radical (unpaired) electrons. The smallest absolute Gasteiger partial charge is 0.224 e. The zero-order valence-corrected chi connectivity index (χ0v) is 15.8. The van der Waals surface area contributed by atoms with Crippen LogP contribution in [-0.4, -0.2) is 53.9 Å². The largest absolute Gasteiger partial charge is 0.391 e. The van der Waals surface area contributed by atoms with E-state index >= 15 is 0 Å². The van der Waals surface area contributed by atoms with Gasteiger partial charge in [0, 0.05) is 44.6 Å². The monoisotopic (exact) mass is 367 g/mol. The number of anilines is 3. The van der Waals surface area contributed by atoms with Gasteiger partial charge in [0.1, 0.15) is 5.82 Å². The Labute approximate surface area is 161 Å². The van der Waals surface area contributed by atoms with Crippen LogP contribution in [0, 0.1) is 0 Å². The van der Waals surface area contributed by atoms with Crippen LogP contribution >= 0.6 is 0 Å². The maximum Gasteiger partial charge on any atom is 0.224 e. The molecular formula is C21H29N5O. The molecule has 1 aromatic carbocycles. The minimum Gasteiger partial charge on any atom is -0.391 e. The molecule has 0 saturated carbocycles. The number of rotatable bonds is 6. The maximum absolute atomic E-state index is 9.87. The van der Waals surface area contributed by atoms with Crippen LogP contribution in [0.3, 0.4) is 0 Å². The quantitative estimate of drug-likeness (QED) is 0.766. The van der Waals surface area contributed by atoms with Gasteiger partial charge in [-0.25, -0.2) is 4.98 Å². The summed E-state index contributed by atoms with van der Waals surface area (Å²) in [5.74, 6) is 1.57. The Hall–Kier alpha value is -2.34. The van der Waals surface area contributed by atoms with E-state index in [0.717, 1.165) is 51.3 Å². The molecule has 1 saturated heterocycles. The Balaban J connectivity index is 1.28. The van der Waals surface area contributed by atoms with Crippen molar-refractivity contribution in [2.75, 3.05) is 47.8 Å². The average Bonchev–Trinajstić information content (AvgIpc) is 2.71. The van der Waals surface area contributed by atoms with Gasteiger partial charge >= 0.3 is 0 Å². The van der Waals surface area contributed by atoms with E-state index in [2.05, 4.69) is 49.4 Å². The van der Waals surface area contributed by atoms with Crippen LogP contribution in [0.4, 0.5) is 17.5 Å². The number of fused-ring (bicyclic) bond motifs is 1. The van der Waals surface area contributed by atoms with E-state index in [0.29, 0.717) is 12.5 Å². The third kappa shape index (κ3) is 4.50. The van der Waals surface area contributed by atoms with Crippen molar-refractivity contribution in [3.63, 3.8) is 0 Å². The second-order valence-electron chi connectivity index (χ2n) is 7.48. The normalized spacial score (nSPS) is 19.7. The molecule has 0 amide bonds. The molecule has 1 atom stereocenters. The highest BCUT2D eigenvalue weighted by Gasteiger charge is 2.19. The van der Waals surface area contributed by atoms with Gasteiger partial charge in [-0.05, 0) is 49.8 Å². The van der Waals surface area contributed by atoms with Crippen molar-refractivity contribution in [3.8, 4) is 0 Å². The van der Waals surface area contributed by atoms with Crippen LogP contribution in [0.1, 0.15) is 31.2 Å². The first-order valence-corrected chi connectivity index (χ1v) is 10.1. The lowest BCUT2D eigenvalue weighted by molar-refractivity contribution is 0.154. The number of benzene rings is 1. The number of aryl methyl sites for hydroxylation is 1. The van der Waals surface area contributed by atoms with Gasteiger partial charge in [-0.2, -0.15) is 4.98 Å². The number of aromatic nitrogens is 2. The molecule has 0 bridgehead atoms. The van der Waals surface area contributed by atoms with Crippen molar-refractivity contribution >= 4 is 17.5 Å². The molecule has 1 unspecified atom stereocenters. The molecule has 2 N–H and O–H groups in total. The highest BCUT2D eigenvalue weighted by molar-refractivity contribution is 5.55. The number of aliphatic hydroxyl groups is 1. The van der Waals surface area contributed by atoms with Crippen molar-refractivity contribution < 1.29 is 5.11 Å². The van der Waals surface area contributed by atoms with Gasteiger partial charge in [-0.15, -0.1) is 0 Å². The number of nitrogens with one attached hydrogen (secondary N) is 1. The number of β-amino-alcohol motifs (C(OH)–C–C–N with tert-alkyl or cyclic N) is 1. The number of hydrogen-bond donors (Lipinski definition) is 2. The Morgan fingerprint density at radius 2 is 2.07 bits per heavy atom. The lowest BCUT2D eigenvalue weighted by Gasteiger charge is -2.31. The third-order valence-electron chi connectivity index (χ3n) is 5.46. The number of hydrogen-bond acceptors (Lipinski definition) is 6. The van der Waals surface area contributed by atoms with E-state index in [9.17, 15) is 5.11 Å². The first-order valence-electron chi connectivity index (χ1n) is 10.1. The summed E-state index contributed by atoms with van der Waals surface area (Å²) in [6.45, 7) is 4.64. The Morgan fingerprint density at radius 3 is 3.00 bits per heavy atom. The third-order valence-corrected chi connectivity index (χ3v) is 5.46. The Kier molecular flexibility index (Phi) is 5.72. The number of piperidine rings is 1. The van der Waals surface area contributed by atoms with Gasteiger partial charge in [-0.1, -0.05) is 18.2 Å². The van der Waals surface area contributed by atoms with Gasteiger partial charge in [0.15, 0.2) is 0 Å². The summed E-state index contributed by atoms with van der Waals surface area (Å²) >= 11 is 0. The lowest BCUT2D eigenvalue weighted by atomic mass is 10.0. The van der Waals surface area contributed by atoms with Gasteiger partial charge < -0.3 is 20.2 Å². The van der Waals surface area contributed by atoms with Crippen molar-refractivity contribution in [3.05, 3.63) is 42.1 Å². The molecule has 4 rings (SSSR count). The zero-order valence-electron chi connectivity index (χ0n) is 15.8. The van der Waals surface area contributed by atoms with Crippen LogP contribution < -0.4 is 15.1 Å². The molecule has 3 heterocycles. The second kappa shape index (κ2) is 8.57. The van der Waals surface area contributed by atoms with E-state index in [-0.39, 0.29) is 6.10 Å². The van der Waals surface area contributed by atoms with Gasteiger partial charge in [-0.3, -0.25) is 0 Å². The van der Waals surface area contributed by atoms with E-state index in [1.54, 1.807) is 6.20 Å². The fraction of sp³-hybridized carbons (Fsp3) is 0.524. The molecule has 6 nitrogen and oxygen atoms in total. The fourth-order valence-corrected chi connectivity index (χ4v) is 4.09. The summed E-state index contributed by atoms with van der Waals surface area (Å²) < 4.78 is 0. The number of nitrogens with zero attached hydrogens (tertiary/aromatic N) is 4. The van der Waals surface area contributed by atoms with Crippen molar-refractivity contribution in [2.45, 2.75) is 38.2 Å². The Morgan fingerprint density at radius 1 is 1.15 bits per heavy atom. The highest BCUT2D eigenvalue weighted by Crippen LogP contribution is 2.26. The maximum atomic E-state index is 9.87. The van der Waals surface area contributed by atoms with Crippen LogP contribution in [0.15, 0.2) is 36.5 Å². The molecule has 2 aliphatic rings. The predicted molar refractivity (Wildman–Crippen MR) is 110 cm³/mol. The van der Waals surface area contributed by atoms with Gasteiger partial charge in [0.05, 0.1) is 6.10 Å². The molecular weight excluding hydrogens is 338 g/mol. The molecule has 2 aromatic rings. The zero-order chi connectivity index (χ0) is 18.5. The molecule has 2 aliphatic heterocycles. The van der Waals surface area contributed by atoms with E-state index in [1.165, 1.54) is 24.1 Å². The standard InChI is InChI=1S/C21H29N5O/c27-18-8-4-14-26(16-18)20-10-12-23-21(24-20)22-11-5-15-25-13-3-7-17-6-1-2-9-19(17)25/h1-2,6,9-10,12,18,27H,3-5,7-8,11,13-16H2,(H,22,23,24). The summed E-state index contributed by atoms with van der Waals surface area (Å²) in [6, 6.07) is 10.7. The minimum atomic E-state index is -0.252. The first-order chi connectivity index (χ1) is 13.3. The van der Waals surface area contributed by atoms with Crippen LogP contribution in [0.2, 0.25) is 0 Å². The molecule has 27 heavy (non-hydrogen) atoms. The second-order valence-corrected chi connectivity index (χ2v) is 7.48. The van der Waals surface area contributed by atoms with Crippen LogP contribution in [-0.2, 0) is 6.42 Å². The van der Waals surface area contributed by atoms with Crippen LogP contribution in [0.25, 0.3) is 0 Å². The van der Waals surface area contributed by atoms with Gasteiger partial charge in [0.25, 0.3) is 0 Å². The SMILES string of the molecule is OC1CCCN(c2ccnc(NCCCN3CCCc4ccccc43)n2)C1. The van der Waals surface area contributed by atoms with E-state index in [1.807, 2.05) is 6.07 Å². The van der Waals surface area contributed by atoms with E-state index in [4.69, 9.17) is 0 Å². The van der Waals surface area contributed by atoms with Crippen molar-refractivity contribution in [1.29, 1.82) is 0 Å². The number of para-hydroxylation sites is 1. The Bertz CT molecular complexity index is 753. The van der Waals surface area contributed by atoms with Gasteiger partial charge in [0.2, 0.25) is 5.95 Å². The summed E-state index contributed by atoms with van der Waals surface area (Å²) in [5.41, 5.74) is 2.86. The summed E-state index contributed by atoms with van der Waals surface area (Å²) in [5, 5.41) is 13.2. The first kappa shape index (κ1) is 18.0. The minimum absolute atomic E-state index is 0.252. The fourth-order valence-electron chi connectivity index (χ4n) is 4.09. The van der Waals surface area contributed by atoms with Crippen LogP contribution in [0.5, 0.6) is 0 Å². The van der Waals surface area contributed by atoms with Crippen molar-refractivity contribution in [2.24, 2.45) is 0 Å². The summed E-state index contributed by atoms with van der Waals surface area (Å²) in [4.78, 5) is 13.6. The molecule has 1 aromatic heterocycles. The molecule has 0 spiro atoms. The van der Waals surface area contributed by atoms with E-state index < -0.39 is 0 Å². The summed E-state index contributed by atoms with van der Waals surface area (Å²) in [6.07, 6.45) is 6.90. The number of aliphatic hydroxyl groups excluding tert-OH is 1. The molecule has 144 valence electrons. The topological polar surface area (TPSA) is 64.5 Å². The average molecular weight is 367 g/mol. The molecule has 1 fully saturated rings. The highest BCUT2D eigenvalue weighted by atomic mass is 16.3. The molecule has 0 aliphatic carbocycles. The lowest BCUT2D eigenvalue weighted by Crippen LogP contribution is -2.38.